The summed E-state index contributed by atoms with van der Waals surface area (Å²) in [6.07, 6.45) is 7.95. The maximum absolute atomic E-state index is 2.61. The lowest BCUT2D eigenvalue weighted by atomic mass is 9.88. The third-order valence-corrected chi connectivity index (χ3v) is 6.27. The van der Waals surface area contributed by atoms with Crippen molar-refractivity contribution in [2.75, 3.05) is 38.6 Å². The van der Waals surface area contributed by atoms with E-state index < -0.39 is 0 Å². The third kappa shape index (κ3) is 5.77. The first kappa shape index (κ1) is 22.1. The second-order valence-corrected chi connectivity index (χ2v) is 8.73. The van der Waals surface area contributed by atoms with Gasteiger partial charge in [-0.15, -0.1) is 0 Å². The molecule has 1 aliphatic heterocycles. The molecule has 3 aromatic carbocycles. The molecule has 1 fully saturated rings. The Morgan fingerprint density at radius 2 is 1.34 bits per heavy atom. The van der Waals surface area contributed by atoms with Gasteiger partial charge in [-0.05, 0) is 53.7 Å². The van der Waals surface area contributed by atoms with E-state index in [0.717, 1.165) is 38.9 Å². The largest absolute Gasteiger partial charge is 0.378 e. The van der Waals surface area contributed by atoms with E-state index in [0.29, 0.717) is 0 Å². The zero-order valence-electron chi connectivity index (χ0n) is 19.4. The van der Waals surface area contributed by atoms with Crippen LogP contribution in [0.3, 0.4) is 0 Å². The summed E-state index contributed by atoms with van der Waals surface area (Å²) in [4.78, 5) is 4.74. The van der Waals surface area contributed by atoms with E-state index in [1.807, 2.05) is 0 Å². The minimum atomic E-state index is 1.10. The van der Waals surface area contributed by atoms with Crippen molar-refractivity contribution in [3.05, 3.63) is 113 Å². The van der Waals surface area contributed by atoms with Gasteiger partial charge in [0.1, 0.15) is 0 Å². The number of nitrogens with zero attached hydrogens (tertiary/aromatic N) is 2. The van der Waals surface area contributed by atoms with Crippen molar-refractivity contribution in [2.24, 2.45) is 0 Å². The van der Waals surface area contributed by atoms with Gasteiger partial charge in [-0.1, -0.05) is 90.5 Å². The first-order valence-corrected chi connectivity index (χ1v) is 11.7. The van der Waals surface area contributed by atoms with E-state index in [-0.39, 0.29) is 0 Å². The molecule has 0 spiro atoms. The molecule has 0 aliphatic carbocycles. The van der Waals surface area contributed by atoms with Gasteiger partial charge >= 0.3 is 0 Å². The molecule has 1 aliphatic rings. The first-order valence-electron chi connectivity index (χ1n) is 11.7. The lowest BCUT2D eigenvalue weighted by Gasteiger charge is -2.30. The fraction of sp³-hybridized carbons (Fsp3) is 0.267. The van der Waals surface area contributed by atoms with Crippen molar-refractivity contribution in [1.29, 1.82) is 0 Å². The molecule has 0 bridgehead atoms. The van der Waals surface area contributed by atoms with Crippen LogP contribution >= 0.6 is 0 Å². The number of benzene rings is 3. The highest BCUT2D eigenvalue weighted by atomic mass is 15.1. The lowest BCUT2D eigenvalue weighted by molar-refractivity contribution is 0.262. The summed E-state index contributed by atoms with van der Waals surface area (Å²) in [5.74, 6) is 0. The summed E-state index contributed by atoms with van der Waals surface area (Å²) in [7, 11) is 4.15. The average molecular weight is 423 g/mol. The number of hydrogen-bond donors (Lipinski definition) is 0. The van der Waals surface area contributed by atoms with Crippen molar-refractivity contribution in [1.82, 2.24) is 4.90 Å². The van der Waals surface area contributed by atoms with Crippen LogP contribution in [0.1, 0.15) is 36.0 Å². The highest BCUT2D eigenvalue weighted by molar-refractivity contribution is 5.82. The Morgan fingerprint density at radius 1 is 0.781 bits per heavy atom. The Morgan fingerprint density at radius 3 is 1.88 bits per heavy atom. The minimum Gasteiger partial charge on any atom is -0.378 e. The third-order valence-electron chi connectivity index (χ3n) is 6.27. The lowest BCUT2D eigenvalue weighted by Crippen LogP contribution is -2.31. The Kier molecular flexibility index (Phi) is 7.58. The van der Waals surface area contributed by atoms with E-state index in [2.05, 4.69) is 121 Å². The van der Waals surface area contributed by atoms with Crippen LogP contribution < -0.4 is 4.90 Å². The second kappa shape index (κ2) is 11.0. The van der Waals surface area contributed by atoms with Gasteiger partial charge in [0, 0.05) is 39.4 Å². The van der Waals surface area contributed by atoms with Crippen LogP contribution in [0.15, 0.2) is 96.6 Å². The molecule has 1 heterocycles. The summed E-state index contributed by atoms with van der Waals surface area (Å²) in [5, 5.41) is 0. The van der Waals surface area contributed by atoms with Crippen LogP contribution in [0.2, 0.25) is 0 Å². The highest BCUT2D eigenvalue weighted by Crippen LogP contribution is 2.32. The predicted octanol–water partition coefficient (Wildman–Crippen LogP) is 6.75. The van der Waals surface area contributed by atoms with Gasteiger partial charge < -0.3 is 9.80 Å². The Hall–Kier alpha value is -3.10. The van der Waals surface area contributed by atoms with Crippen molar-refractivity contribution in [2.45, 2.75) is 19.3 Å². The molecule has 0 aromatic heterocycles. The summed E-state index contributed by atoms with van der Waals surface area (Å²) in [6, 6.07) is 30.5. The molecule has 0 radical (unpaired) electrons. The minimum absolute atomic E-state index is 1.10. The number of hydrogen-bond acceptors (Lipinski definition) is 2. The van der Waals surface area contributed by atoms with Crippen molar-refractivity contribution >= 4 is 17.3 Å². The van der Waals surface area contributed by atoms with E-state index in [9.17, 15) is 0 Å². The maximum Gasteiger partial charge on any atom is 0.0361 e. The fourth-order valence-electron chi connectivity index (χ4n) is 4.44. The molecule has 0 unspecified atom stereocenters. The molecule has 0 amide bonds. The van der Waals surface area contributed by atoms with Gasteiger partial charge in [0.05, 0.1) is 0 Å². The van der Waals surface area contributed by atoms with E-state index >= 15 is 0 Å². The highest BCUT2D eigenvalue weighted by Gasteiger charge is 2.18. The monoisotopic (exact) mass is 422 g/mol. The molecule has 2 heteroatoms. The normalized spacial score (nSPS) is 14.6. The Bertz CT molecular complexity index is 980. The Labute approximate surface area is 193 Å². The molecule has 2 nitrogen and oxygen atoms in total. The van der Waals surface area contributed by atoms with E-state index in [1.54, 1.807) is 5.57 Å². The predicted molar refractivity (Wildman–Crippen MR) is 139 cm³/mol. The zero-order valence-corrected chi connectivity index (χ0v) is 19.4. The van der Waals surface area contributed by atoms with E-state index in [1.165, 1.54) is 28.0 Å². The quantitative estimate of drug-likeness (QED) is 0.415. The van der Waals surface area contributed by atoms with Crippen LogP contribution in [0.4, 0.5) is 5.69 Å². The van der Waals surface area contributed by atoms with Crippen molar-refractivity contribution in [3.8, 4) is 0 Å². The van der Waals surface area contributed by atoms with Gasteiger partial charge in [0.25, 0.3) is 0 Å². The summed E-state index contributed by atoms with van der Waals surface area (Å²) < 4.78 is 0. The van der Waals surface area contributed by atoms with Gasteiger partial charge in [0.15, 0.2) is 0 Å². The summed E-state index contributed by atoms with van der Waals surface area (Å²) in [5.41, 5.74) is 8.22. The van der Waals surface area contributed by atoms with Gasteiger partial charge in [-0.3, -0.25) is 0 Å². The van der Waals surface area contributed by atoms with E-state index in [4.69, 9.17) is 0 Å². The SMILES string of the molecule is CN(C)c1ccc(/C=C/CCN2CCC(=C(c3ccccc3)c3ccccc3)CC2)cc1. The van der Waals surface area contributed by atoms with Gasteiger partial charge in [-0.2, -0.15) is 0 Å². The average Bonchev–Trinajstić information content (AvgIpc) is 2.84. The molecular formula is C30H34N2. The van der Waals surface area contributed by atoms with Crippen LogP contribution in [-0.2, 0) is 0 Å². The van der Waals surface area contributed by atoms with Gasteiger partial charge in [-0.25, -0.2) is 0 Å². The molecule has 0 saturated carbocycles. The van der Waals surface area contributed by atoms with Crippen LogP contribution in [-0.4, -0.2) is 38.6 Å². The number of rotatable bonds is 7. The van der Waals surface area contributed by atoms with Crippen molar-refractivity contribution < 1.29 is 0 Å². The number of likely N-dealkylation sites (tertiary alicyclic amines) is 1. The maximum atomic E-state index is 2.61. The Balaban J connectivity index is 1.35. The number of anilines is 1. The molecule has 1 saturated heterocycles. The molecule has 3 aromatic rings. The van der Waals surface area contributed by atoms with Crippen LogP contribution in [0.5, 0.6) is 0 Å². The second-order valence-electron chi connectivity index (χ2n) is 8.73. The fourth-order valence-corrected chi connectivity index (χ4v) is 4.44. The molecule has 32 heavy (non-hydrogen) atoms. The van der Waals surface area contributed by atoms with Gasteiger partial charge in [0.2, 0.25) is 0 Å². The van der Waals surface area contributed by atoms with Crippen LogP contribution in [0.25, 0.3) is 11.6 Å². The zero-order chi connectivity index (χ0) is 22.2. The number of piperidine rings is 1. The molecular weight excluding hydrogens is 388 g/mol. The van der Waals surface area contributed by atoms with Crippen LogP contribution in [0, 0.1) is 0 Å². The molecule has 4 rings (SSSR count). The topological polar surface area (TPSA) is 6.48 Å². The molecule has 164 valence electrons. The van der Waals surface area contributed by atoms with Crippen molar-refractivity contribution in [3.63, 3.8) is 0 Å². The smallest absolute Gasteiger partial charge is 0.0361 e. The summed E-state index contributed by atoms with van der Waals surface area (Å²) >= 11 is 0. The molecule has 0 N–H and O–H groups in total. The molecule has 0 atom stereocenters. The first-order chi connectivity index (χ1) is 15.7. The standard InChI is InChI=1S/C30H34N2/c1-31(2)29-18-16-25(17-19-29)11-9-10-22-32-23-20-28(21-24-32)30(26-12-5-3-6-13-26)27-14-7-4-8-15-27/h3-9,11-19H,10,20-24H2,1-2H3/b11-9+. The summed E-state index contributed by atoms with van der Waals surface area (Å²) in [6.45, 7) is 3.42.